The van der Waals surface area contributed by atoms with E-state index in [1.807, 2.05) is 55.2 Å². The maximum atomic E-state index is 12.8. The molecule has 0 aliphatic carbocycles. The molecule has 1 heterocycles. The van der Waals surface area contributed by atoms with Gasteiger partial charge in [-0.25, -0.2) is 0 Å². The number of ether oxygens (including phenoxy) is 1. The minimum absolute atomic E-state index is 0.188. The molecule has 0 radical (unpaired) electrons. The predicted molar refractivity (Wildman–Crippen MR) is 90.5 cm³/mol. The monoisotopic (exact) mass is 301 g/mol. The average Bonchev–Trinajstić information content (AvgIpc) is 2.58. The Morgan fingerprint density at radius 2 is 2.09 bits per heavy atom. The van der Waals surface area contributed by atoms with Gasteiger partial charge in [-0.3, -0.25) is 4.79 Å². The van der Waals surface area contributed by atoms with Gasteiger partial charge in [0, 0.05) is 25.3 Å². The number of amides is 1. The van der Waals surface area contributed by atoms with E-state index < -0.39 is 0 Å². The summed E-state index contributed by atoms with van der Waals surface area (Å²) in [6.45, 7) is 7.28. The first-order valence-electron chi connectivity index (χ1n) is 8.37. The average molecular weight is 301 g/mol. The Bertz CT molecular complexity index is 495. The van der Waals surface area contributed by atoms with Crippen LogP contribution in [-0.2, 0) is 9.53 Å². The van der Waals surface area contributed by atoms with E-state index in [9.17, 15) is 4.79 Å². The van der Waals surface area contributed by atoms with Crippen LogP contribution in [-0.4, -0.2) is 37.1 Å². The molecule has 0 aromatic heterocycles. The summed E-state index contributed by atoms with van der Waals surface area (Å²) < 4.78 is 5.53. The van der Waals surface area contributed by atoms with Crippen LogP contribution in [0.4, 0.5) is 0 Å². The molecule has 1 saturated heterocycles. The van der Waals surface area contributed by atoms with Crippen molar-refractivity contribution in [1.82, 2.24) is 4.90 Å². The summed E-state index contributed by atoms with van der Waals surface area (Å²) in [5, 5.41) is 0. The Morgan fingerprint density at radius 1 is 1.32 bits per heavy atom. The smallest absolute Gasteiger partial charge is 0.249 e. The number of carbonyl (C=O) groups excluding carboxylic acids is 1. The lowest BCUT2D eigenvalue weighted by molar-refractivity contribution is -0.129. The second-order valence-electron chi connectivity index (χ2n) is 5.85. The first-order valence-corrected chi connectivity index (χ1v) is 8.37. The third-order valence-electron chi connectivity index (χ3n) is 4.16. The van der Waals surface area contributed by atoms with Crippen LogP contribution in [0.3, 0.4) is 0 Å². The van der Waals surface area contributed by atoms with E-state index in [4.69, 9.17) is 4.74 Å². The Labute approximate surface area is 134 Å². The van der Waals surface area contributed by atoms with Gasteiger partial charge in [0.05, 0.1) is 6.61 Å². The first kappa shape index (κ1) is 16.8. The molecule has 1 aliphatic heterocycles. The summed E-state index contributed by atoms with van der Waals surface area (Å²) in [7, 11) is 0. The highest BCUT2D eigenvalue weighted by Crippen LogP contribution is 2.20. The molecule has 120 valence electrons. The fourth-order valence-corrected chi connectivity index (χ4v) is 2.94. The number of hydrogen-bond acceptors (Lipinski definition) is 2. The number of likely N-dealkylation sites (tertiary alicyclic amines) is 1. The largest absolute Gasteiger partial charge is 0.381 e. The molecule has 0 N–H and O–H groups in total. The van der Waals surface area contributed by atoms with Crippen molar-refractivity contribution in [3.05, 3.63) is 41.5 Å². The lowest BCUT2D eigenvalue weighted by atomic mass is 9.97. The standard InChI is InChI=1S/C19H27NO2/c1-3-18(13-16-9-6-5-7-10-16)19(21)20-12-8-11-17(14-20)15-22-4-2/h5-7,9-10,13,17H,3-4,8,11-12,14-15H2,1-2H3/b18-13+. The third kappa shape index (κ3) is 4.70. The van der Waals surface area contributed by atoms with Crippen molar-refractivity contribution in [3.63, 3.8) is 0 Å². The van der Waals surface area contributed by atoms with E-state index in [2.05, 4.69) is 0 Å². The first-order chi connectivity index (χ1) is 10.7. The summed E-state index contributed by atoms with van der Waals surface area (Å²) in [5.41, 5.74) is 1.99. The molecule has 1 atom stereocenters. The van der Waals surface area contributed by atoms with Crippen LogP contribution in [0.25, 0.3) is 6.08 Å². The maximum Gasteiger partial charge on any atom is 0.249 e. The summed E-state index contributed by atoms with van der Waals surface area (Å²) in [6, 6.07) is 10.1. The second-order valence-corrected chi connectivity index (χ2v) is 5.85. The van der Waals surface area contributed by atoms with Gasteiger partial charge in [-0.2, -0.15) is 0 Å². The molecular weight excluding hydrogens is 274 g/mol. The fourth-order valence-electron chi connectivity index (χ4n) is 2.94. The van der Waals surface area contributed by atoms with Gasteiger partial charge in [0.1, 0.15) is 0 Å². The van der Waals surface area contributed by atoms with Crippen molar-refractivity contribution in [1.29, 1.82) is 0 Å². The highest BCUT2D eigenvalue weighted by molar-refractivity contribution is 5.97. The van der Waals surface area contributed by atoms with E-state index in [-0.39, 0.29) is 5.91 Å². The molecular formula is C19H27NO2. The molecule has 1 fully saturated rings. The number of hydrogen-bond donors (Lipinski definition) is 0. The van der Waals surface area contributed by atoms with Crippen LogP contribution in [0, 0.1) is 5.92 Å². The number of piperidine rings is 1. The van der Waals surface area contributed by atoms with Crippen LogP contribution in [0.15, 0.2) is 35.9 Å². The molecule has 1 aromatic rings. The number of rotatable bonds is 6. The van der Waals surface area contributed by atoms with E-state index in [0.717, 1.165) is 56.7 Å². The molecule has 1 unspecified atom stereocenters. The molecule has 0 saturated carbocycles. The normalized spacial score (nSPS) is 19.3. The quantitative estimate of drug-likeness (QED) is 0.749. The van der Waals surface area contributed by atoms with Crippen molar-refractivity contribution >= 4 is 12.0 Å². The second kappa shape index (κ2) is 8.74. The topological polar surface area (TPSA) is 29.5 Å². The van der Waals surface area contributed by atoms with Gasteiger partial charge in [-0.15, -0.1) is 0 Å². The van der Waals surface area contributed by atoms with Crippen molar-refractivity contribution in [2.75, 3.05) is 26.3 Å². The summed E-state index contributed by atoms with van der Waals surface area (Å²) in [4.78, 5) is 14.8. The van der Waals surface area contributed by atoms with E-state index in [1.165, 1.54) is 0 Å². The third-order valence-corrected chi connectivity index (χ3v) is 4.16. The number of nitrogens with zero attached hydrogens (tertiary/aromatic N) is 1. The Kier molecular flexibility index (Phi) is 6.66. The van der Waals surface area contributed by atoms with Crippen LogP contribution >= 0.6 is 0 Å². The predicted octanol–water partition coefficient (Wildman–Crippen LogP) is 3.76. The van der Waals surface area contributed by atoms with Gasteiger partial charge in [0.2, 0.25) is 5.91 Å². The molecule has 3 nitrogen and oxygen atoms in total. The minimum atomic E-state index is 0.188. The minimum Gasteiger partial charge on any atom is -0.381 e. The van der Waals surface area contributed by atoms with Crippen molar-refractivity contribution in [3.8, 4) is 0 Å². The van der Waals surface area contributed by atoms with Crippen LogP contribution < -0.4 is 0 Å². The lowest BCUT2D eigenvalue weighted by Crippen LogP contribution is -2.41. The molecule has 1 aromatic carbocycles. The number of benzene rings is 1. The van der Waals surface area contributed by atoms with Gasteiger partial charge in [0.15, 0.2) is 0 Å². The Morgan fingerprint density at radius 3 is 2.77 bits per heavy atom. The summed E-state index contributed by atoms with van der Waals surface area (Å²) >= 11 is 0. The van der Waals surface area contributed by atoms with Gasteiger partial charge in [-0.1, -0.05) is 37.3 Å². The zero-order valence-electron chi connectivity index (χ0n) is 13.8. The SMILES string of the molecule is CCOCC1CCCN(C(=O)/C(=C/c2ccccc2)CC)C1. The maximum absolute atomic E-state index is 12.8. The van der Waals surface area contributed by atoms with Crippen molar-refractivity contribution in [2.45, 2.75) is 33.1 Å². The van der Waals surface area contributed by atoms with Gasteiger partial charge < -0.3 is 9.64 Å². The molecule has 1 aliphatic rings. The highest BCUT2D eigenvalue weighted by atomic mass is 16.5. The van der Waals surface area contributed by atoms with E-state index in [0.29, 0.717) is 5.92 Å². The van der Waals surface area contributed by atoms with Crippen LogP contribution in [0.5, 0.6) is 0 Å². The summed E-state index contributed by atoms with van der Waals surface area (Å²) in [5.74, 6) is 0.667. The molecule has 1 amide bonds. The molecule has 0 spiro atoms. The van der Waals surface area contributed by atoms with E-state index in [1.54, 1.807) is 0 Å². The van der Waals surface area contributed by atoms with Crippen LogP contribution in [0.2, 0.25) is 0 Å². The van der Waals surface area contributed by atoms with Gasteiger partial charge in [-0.05, 0) is 43.7 Å². The van der Waals surface area contributed by atoms with E-state index >= 15 is 0 Å². The van der Waals surface area contributed by atoms with Gasteiger partial charge in [0.25, 0.3) is 0 Å². The zero-order valence-corrected chi connectivity index (χ0v) is 13.8. The molecule has 2 rings (SSSR count). The van der Waals surface area contributed by atoms with Crippen molar-refractivity contribution < 1.29 is 9.53 Å². The fraction of sp³-hybridized carbons (Fsp3) is 0.526. The zero-order chi connectivity index (χ0) is 15.8. The highest BCUT2D eigenvalue weighted by Gasteiger charge is 2.25. The molecule has 0 bridgehead atoms. The summed E-state index contributed by atoms with van der Waals surface area (Å²) in [6.07, 6.45) is 5.02. The lowest BCUT2D eigenvalue weighted by Gasteiger charge is -2.33. The van der Waals surface area contributed by atoms with Crippen LogP contribution in [0.1, 0.15) is 38.7 Å². The molecule has 22 heavy (non-hydrogen) atoms. The molecule has 3 heteroatoms. The van der Waals surface area contributed by atoms with Crippen molar-refractivity contribution in [2.24, 2.45) is 5.92 Å². The number of carbonyl (C=O) groups is 1. The Hall–Kier alpha value is -1.61. The Balaban J connectivity index is 2.03. The van der Waals surface area contributed by atoms with Gasteiger partial charge >= 0.3 is 0 Å².